The molecule has 0 saturated carbocycles. The maximum absolute atomic E-state index is 6.01. The Labute approximate surface area is 136 Å². The number of hydrogen-bond donors (Lipinski definition) is 0. The Morgan fingerprint density at radius 3 is 2.52 bits per heavy atom. The van der Waals surface area contributed by atoms with Gasteiger partial charge in [0.1, 0.15) is 0 Å². The van der Waals surface area contributed by atoms with Crippen LogP contribution in [0, 0.1) is 6.92 Å². The lowest BCUT2D eigenvalue weighted by molar-refractivity contribution is 0.953. The molecule has 5 heteroatoms. The Kier molecular flexibility index (Phi) is 4.08. The molecule has 3 nitrogen and oxygen atoms in total. The lowest BCUT2D eigenvalue weighted by Crippen LogP contribution is -2.01. The normalized spacial score (nSPS) is 10.8. The number of aromatic nitrogens is 3. The molecule has 0 aliphatic rings. The quantitative estimate of drug-likeness (QED) is 0.630. The molecular formula is C16H13BrClN3. The Bertz CT molecular complexity index is 768. The van der Waals surface area contributed by atoms with E-state index in [9.17, 15) is 0 Å². The molecule has 0 aliphatic heterocycles. The molecule has 0 N–H and O–H groups in total. The summed E-state index contributed by atoms with van der Waals surface area (Å²) in [4.78, 5) is 0. The monoisotopic (exact) mass is 361 g/mol. The Morgan fingerprint density at radius 2 is 1.86 bits per heavy atom. The number of benzene rings is 2. The van der Waals surface area contributed by atoms with Gasteiger partial charge >= 0.3 is 0 Å². The summed E-state index contributed by atoms with van der Waals surface area (Å²) in [7, 11) is 0. The highest BCUT2D eigenvalue weighted by molar-refractivity contribution is 9.10. The number of hydrogen-bond acceptors (Lipinski definition) is 2. The zero-order chi connectivity index (χ0) is 14.8. The first kappa shape index (κ1) is 14.3. The Morgan fingerprint density at radius 1 is 1.10 bits per heavy atom. The topological polar surface area (TPSA) is 30.7 Å². The van der Waals surface area contributed by atoms with E-state index in [0.717, 1.165) is 32.9 Å². The highest BCUT2D eigenvalue weighted by atomic mass is 79.9. The summed E-state index contributed by atoms with van der Waals surface area (Å²) in [5.74, 6) is 1.85. The molecule has 21 heavy (non-hydrogen) atoms. The van der Waals surface area contributed by atoms with Gasteiger partial charge in [-0.3, -0.25) is 4.57 Å². The number of aryl methyl sites for hydroxylation is 1. The molecule has 0 radical (unpaired) electrons. The van der Waals surface area contributed by atoms with Crippen LogP contribution in [-0.2, 0) is 5.88 Å². The van der Waals surface area contributed by atoms with Crippen LogP contribution in [0.5, 0.6) is 0 Å². The van der Waals surface area contributed by atoms with Crippen molar-refractivity contribution in [3.63, 3.8) is 0 Å². The first-order valence-corrected chi connectivity index (χ1v) is 7.85. The smallest absolute Gasteiger partial charge is 0.168 e. The van der Waals surface area contributed by atoms with E-state index in [1.807, 2.05) is 47.0 Å². The average molecular weight is 363 g/mol. The molecule has 0 atom stereocenters. The molecule has 0 fully saturated rings. The minimum absolute atomic E-state index is 0.317. The molecule has 3 aromatic rings. The molecule has 0 bridgehead atoms. The van der Waals surface area contributed by atoms with Gasteiger partial charge in [0, 0.05) is 15.7 Å². The second-order valence-corrected chi connectivity index (χ2v) is 5.83. The van der Waals surface area contributed by atoms with Crippen LogP contribution >= 0.6 is 27.5 Å². The van der Waals surface area contributed by atoms with Crippen LogP contribution in [0.1, 0.15) is 11.4 Å². The van der Waals surface area contributed by atoms with Gasteiger partial charge in [-0.05, 0) is 36.8 Å². The summed E-state index contributed by atoms with van der Waals surface area (Å²) < 4.78 is 3.07. The van der Waals surface area contributed by atoms with Crippen LogP contribution in [-0.4, -0.2) is 14.8 Å². The average Bonchev–Trinajstić information content (AvgIpc) is 2.95. The van der Waals surface area contributed by atoms with Crippen molar-refractivity contribution in [3.8, 4) is 17.1 Å². The first-order valence-electron chi connectivity index (χ1n) is 6.53. The summed E-state index contributed by atoms with van der Waals surface area (Å²) in [5, 5.41) is 8.53. The zero-order valence-electron chi connectivity index (χ0n) is 11.4. The predicted octanol–water partition coefficient (Wildman–Crippen LogP) is 4.74. The van der Waals surface area contributed by atoms with E-state index in [4.69, 9.17) is 11.6 Å². The van der Waals surface area contributed by atoms with Crippen molar-refractivity contribution in [3.05, 3.63) is 64.4 Å². The molecule has 0 spiro atoms. The lowest BCUT2D eigenvalue weighted by atomic mass is 10.1. The molecule has 3 rings (SSSR count). The van der Waals surface area contributed by atoms with Crippen LogP contribution in [0.2, 0.25) is 0 Å². The number of rotatable bonds is 3. The second kappa shape index (κ2) is 6.00. The van der Waals surface area contributed by atoms with E-state index in [1.54, 1.807) is 0 Å². The van der Waals surface area contributed by atoms with Crippen LogP contribution in [0.15, 0.2) is 53.0 Å². The van der Waals surface area contributed by atoms with Crippen LogP contribution in [0.3, 0.4) is 0 Å². The first-order chi connectivity index (χ1) is 10.2. The number of nitrogens with zero attached hydrogens (tertiary/aromatic N) is 3. The van der Waals surface area contributed by atoms with Gasteiger partial charge in [-0.2, -0.15) is 0 Å². The van der Waals surface area contributed by atoms with Crippen LogP contribution in [0.25, 0.3) is 17.1 Å². The summed E-state index contributed by atoms with van der Waals surface area (Å²) in [5.41, 5.74) is 3.18. The molecule has 0 aliphatic carbocycles. The Balaban J connectivity index is 2.20. The van der Waals surface area contributed by atoms with Gasteiger partial charge in [-0.25, -0.2) is 0 Å². The minimum atomic E-state index is 0.317. The third kappa shape index (κ3) is 2.74. The number of para-hydroxylation sites is 1. The fraction of sp³-hybridized carbons (Fsp3) is 0.125. The van der Waals surface area contributed by atoms with E-state index in [2.05, 4.69) is 39.1 Å². The van der Waals surface area contributed by atoms with Gasteiger partial charge in [0.25, 0.3) is 0 Å². The summed E-state index contributed by atoms with van der Waals surface area (Å²) in [6, 6.07) is 16.1. The summed E-state index contributed by atoms with van der Waals surface area (Å²) >= 11 is 9.53. The van der Waals surface area contributed by atoms with Crippen molar-refractivity contribution in [1.82, 2.24) is 14.8 Å². The molecule has 106 valence electrons. The standard InChI is InChI=1S/C16H13BrClN3/c1-11-9-12(7-8-14(11)17)16-20-19-15(10-18)21(16)13-5-3-2-4-6-13/h2-9H,10H2,1H3. The molecule has 0 amide bonds. The van der Waals surface area contributed by atoms with E-state index < -0.39 is 0 Å². The van der Waals surface area contributed by atoms with E-state index in [1.165, 1.54) is 0 Å². The molecule has 1 aromatic heterocycles. The maximum atomic E-state index is 6.01. The van der Waals surface area contributed by atoms with Gasteiger partial charge in [0.2, 0.25) is 0 Å². The molecular weight excluding hydrogens is 350 g/mol. The van der Waals surface area contributed by atoms with Gasteiger partial charge in [0.05, 0.1) is 5.88 Å². The lowest BCUT2D eigenvalue weighted by Gasteiger charge is -2.10. The summed E-state index contributed by atoms with van der Waals surface area (Å²) in [6.45, 7) is 2.05. The molecule has 0 unspecified atom stereocenters. The predicted molar refractivity (Wildman–Crippen MR) is 88.8 cm³/mol. The third-order valence-electron chi connectivity index (χ3n) is 3.28. The van der Waals surface area contributed by atoms with E-state index >= 15 is 0 Å². The zero-order valence-corrected chi connectivity index (χ0v) is 13.8. The maximum Gasteiger partial charge on any atom is 0.168 e. The fourth-order valence-electron chi connectivity index (χ4n) is 2.22. The second-order valence-electron chi connectivity index (χ2n) is 4.71. The summed E-state index contributed by atoms with van der Waals surface area (Å²) in [6.07, 6.45) is 0. The van der Waals surface area contributed by atoms with Crippen LogP contribution in [0.4, 0.5) is 0 Å². The highest BCUT2D eigenvalue weighted by Gasteiger charge is 2.15. The van der Waals surface area contributed by atoms with Gasteiger partial charge in [-0.1, -0.05) is 40.2 Å². The molecule has 0 saturated heterocycles. The van der Waals surface area contributed by atoms with Crippen molar-refractivity contribution < 1.29 is 0 Å². The molecule has 1 heterocycles. The Hall–Kier alpha value is -1.65. The van der Waals surface area contributed by atoms with Crippen LogP contribution < -0.4 is 0 Å². The van der Waals surface area contributed by atoms with E-state index in [0.29, 0.717) is 5.88 Å². The van der Waals surface area contributed by atoms with Crippen molar-refractivity contribution in [1.29, 1.82) is 0 Å². The number of alkyl halides is 1. The third-order valence-corrected chi connectivity index (χ3v) is 4.41. The number of halogens is 2. The SMILES string of the molecule is Cc1cc(-c2nnc(CCl)n2-c2ccccc2)ccc1Br. The highest BCUT2D eigenvalue weighted by Crippen LogP contribution is 2.27. The van der Waals surface area contributed by atoms with Crippen molar-refractivity contribution in [2.75, 3.05) is 0 Å². The van der Waals surface area contributed by atoms with Crippen molar-refractivity contribution in [2.24, 2.45) is 0 Å². The van der Waals surface area contributed by atoms with Gasteiger partial charge < -0.3 is 0 Å². The minimum Gasteiger partial charge on any atom is -0.278 e. The van der Waals surface area contributed by atoms with Crippen molar-refractivity contribution in [2.45, 2.75) is 12.8 Å². The van der Waals surface area contributed by atoms with Crippen molar-refractivity contribution >= 4 is 27.5 Å². The van der Waals surface area contributed by atoms with Gasteiger partial charge in [-0.15, -0.1) is 21.8 Å². The fourth-order valence-corrected chi connectivity index (χ4v) is 2.64. The molecule has 2 aromatic carbocycles. The largest absolute Gasteiger partial charge is 0.278 e. The van der Waals surface area contributed by atoms with Gasteiger partial charge in [0.15, 0.2) is 11.6 Å². The van der Waals surface area contributed by atoms with E-state index in [-0.39, 0.29) is 0 Å².